The van der Waals surface area contributed by atoms with E-state index in [9.17, 15) is 8.42 Å². The molecule has 1 rings (SSSR count). The van der Waals surface area contributed by atoms with E-state index in [4.69, 9.17) is 10.9 Å². The van der Waals surface area contributed by atoms with E-state index < -0.39 is 10.2 Å². The molecule has 0 saturated heterocycles. The van der Waals surface area contributed by atoms with Crippen molar-refractivity contribution < 1.29 is 8.42 Å². The van der Waals surface area contributed by atoms with Gasteiger partial charge in [0.15, 0.2) is 0 Å². The summed E-state index contributed by atoms with van der Waals surface area (Å²) in [5, 5.41) is 4.84. The van der Waals surface area contributed by atoms with Crippen molar-refractivity contribution in [1.29, 1.82) is 0 Å². The van der Waals surface area contributed by atoms with E-state index in [0.717, 1.165) is 5.56 Å². The molecule has 0 radical (unpaired) electrons. The number of hydrogen-bond acceptors (Lipinski definition) is 3. The monoisotopic (exact) mass is 215 g/mol. The molecule has 1 aromatic rings. The zero-order valence-corrected chi connectivity index (χ0v) is 8.85. The largest absolute Gasteiger partial charge is 0.398 e. The number of nitrogens with two attached hydrogens (primary N) is 2. The molecule has 0 unspecified atom stereocenters. The molecular formula is C8H13N3O2S. The molecule has 78 valence electrons. The number of hydrogen-bond donors (Lipinski definition) is 3. The SMILES string of the molecule is Cc1ccc(NS(N)(=O)=O)c(C)c1N. The average molecular weight is 215 g/mol. The maximum Gasteiger partial charge on any atom is 0.296 e. The Morgan fingerprint density at radius 1 is 1.29 bits per heavy atom. The van der Waals surface area contributed by atoms with Crippen LogP contribution in [0.4, 0.5) is 11.4 Å². The van der Waals surface area contributed by atoms with Crippen LogP contribution in [0.25, 0.3) is 0 Å². The fourth-order valence-corrected chi connectivity index (χ4v) is 1.66. The summed E-state index contributed by atoms with van der Waals surface area (Å²) in [4.78, 5) is 0. The smallest absolute Gasteiger partial charge is 0.296 e. The lowest BCUT2D eigenvalue weighted by molar-refractivity contribution is 0.603. The normalized spacial score (nSPS) is 11.4. The predicted octanol–water partition coefficient (Wildman–Crippen LogP) is 0.501. The van der Waals surface area contributed by atoms with E-state index in [2.05, 4.69) is 4.72 Å². The zero-order valence-electron chi connectivity index (χ0n) is 8.03. The van der Waals surface area contributed by atoms with Crippen LogP contribution in [0.5, 0.6) is 0 Å². The van der Waals surface area contributed by atoms with Gasteiger partial charge in [-0.05, 0) is 31.0 Å². The summed E-state index contributed by atoms with van der Waals surface area (Å²) in [6.45, 7) is 3.58. The second-order valence-corrected chi connectivity index (χ2v) is 4.41. The predicted molar refractivity (Wildman–Crippen MR) is 57.1 cm³/mol. The molecule has 0 bridgehead atoms. The molecule has 0 amide bonds. The minimum Gasteiger partial charge on any atom is -0.398 e. The zero-order chi connectivity index (χ0) is 10.9. The molecule has 14 heavy (non-hydrogen) atoms. The molecule has 0 atom stereocenters. The van der Waals surface area contributed by atoms with Crippen LogP contribution in [-0.2, 0) is 10.2 Å². The standard InChI is InChI=1S/C8H13N3O2S/c1-5-3-4-7(6(2)8(5)9)11-14(10,12)13/h3-4,11H,9H2,1-2H3,(H2,10,12,13). The van der Waals surface area contributed by atoms with Crippen molar-refractivity contribution in [3.8, 4) is 0 Å². The molecule has 0 aliphatic heterocycles. The van der Waals surface area contributed by atoms with Gasteiger partial charge in [0, 0.05) is 5.69 Å². The number of rotatable bonds is 2. The first-order valence-corrected chi connectivity index (χ1v) is 5.52. The van der Waals surface area contributed by atoms with E-state index in [1.807, 2.05) is 6.92 Å². The Balaban J connectivity index is 3.19. The highest BCUT2D eigenvalue weighted by atomic mass is 32.2. The lowest BCUT2D eigenvalue weighted by atomic mass is 10.1. The third-order valence-electron chi connectivity index (χ3n) is 1.99. The first kappa shape index (κ1) is 10.8. The fourth-order valence-electron chi connectivity index (χ4n) is 1.13. The van der Waals surface area contributed by atoms with Crippen LogP contribution < -0.4 is 15.6 Å². The minimum atomic E-state index is -3.73. The fraction of sp³-hybridized carbons (Fsp3) is 0.250. The first-order chi connectivity index (χ1) is 6.31. The highest BCUT2D eigenvalue weighted by molar-refractivity contribution is 7.90. The molecule has 6 heteroatoms. The van der Waals surface area contributed by atoms with Gasteiger partial charge >= 0.3 is 0 Å². The van der Waals surface area contributed by atoms with Gasteiger partial charge in [-0.2, -0.15) is 8.42 Å². The minimum absolute atomic E-state index is 0.413. The van der Waals surface area contributed by atoms with Crippen molar-refractivity contribution in [3.05, 3.63) is 23.3 Å². The van der Waals surface area contributed by atoms with Crippen molar-refractivity contribution >= 4 is 21.6 Å². The van der Waals surface area contributed by atoms with E-state index in [1.165, 1.54) is 0 Å². The van der Waals surface area contributed by atoms with Gasteiger partial charge in [-0.15, -0.1) is 0 Å². The Bertz CT molecular complexity index is 454. The molecule has 5 N–H and O–H groups in total. The number of nitrogens with one attached hydrogen (secondary N) is 1. The molecule has 0 fully saturated rings. The van der Waals surface area contributed by atoms with E-state index >= 15 is 0 Å². The van der Waals surface area contributed by atoms with Gasteiger partial charge in [0.2, 0.25) is 0 Å². The highest BCUT2D eigenvalue weighted by Gasteiger charge is 2.08. The lowest BCUT2D eigenvalue weighted by Crippen LogP contribution is -2.22. The Hall–Kier alpha value is -1.27. The van der Waals surface area contributed by atoms with Gasteiger partial charge in [-0.25, -0.2) is 5.14 Å². The molecule has 0 heterocycles. The molecular weight excluding hydrogens is 202 g/mol. The first-order valence-electron chi connectivity index (χ1n) is 3.97. The van der Waals surface area contributed by atoms with Crippen LogP contribution in [0.3, 0.4) is 0 Å². The maximum absolute atomic E-state index is 10.8. The molecule has 0 spiro atoms. The maximum atomic E-state index is 10.8. The second kappa shape index (κ2) is 3.47. The van der Waals surface area contributed by atoms with Gasteiger partial charge in [-0.3, -0.25) is 4.72 Å². The van der Waals surface area contributed by atoms with Crippen LogP contribution >= 0.6 is 0 Å². The summed E-state index contributed by atoms with van der Waals surface area (Å²) in [6, 6.07) is 3.36. The Kier molecular flexibility index (Phi) is 2.68. The molecule has 0 aromatic heterocycles. The molecule has 0 aliphatic carbocycles. The summed E-state index contributed by atoms with van der Waals surface area (Å²) in [5.74, 6) is 0. The van der Waals surface area contributed by atoms with Crippen LogP contribution in [-0.4, -0.2) is 8.42 Å². The van der Waals surface area contributed by atoms with Crippen LogP contribution in [0.2, 0.25) is 0 Å². The van der Waals surface area contributed by atoms with Gasteiger partial charge in [-0.1, -0.05) is 6.07 Å². The Morgan fingerprint density at radius 2 is 1.86 bits per heavy atom. The van der Waals surface area contributed by atoms with E-state index in [0.29, 0.717) is 16.9 Å². The summed E-state index contributed by atoms with van der Waals surface area (Å²) < 4.78 is 23.7. The third-order valence-corrected chi connectivity index (χ3v) is 2.49. The van der Waals surface area contributed by atoms with E-state index in [-0.39, 0.29) is 0 Å². The molecule has 0 saturated carbocycles. The van der Waals surface area contributed by atoms with Crippen LogP contribution in [0, 0.1) is 13.8 Å². The topological polar surface area (TPSA) is 98.2 Å². The number of aryl methyl sites for hydroxylation is 1. The van der Waals surface area contributed by atoms with Crippen molar-refractivity contribution in [2.45, 2.75) is 13.8 Å². The molecule has 1 aromatic carbocycles. The number of nitrogen functional groups attached to an aromatic ring is 1. The third kappa shape index (κ3) is 2.36. The van der Waals surface area contributed by atoms with Gasteiger partial charge in [0.25, 0.3) is 10.2 Å². The van der Waals surface area contributed by atoms with Gasteiger partial charge in [0.1, 0.15) is 0 Å². The van der Waals surface area contributed by atoms with Gasteiger partial charge in [0.05, 0.1) is 5.69 Å². The number of benzene rings is 1. The van der Waals surface area contributed by atoms with Crippen molar-refractivity contribution in [2.75, 3.05) is 10.5 Å². The van der Waals surface area contributed by atoms with E-state index in [1.54, 1.807) is 19.1 Å². The number of anilines is 2. The second-order valence-electron chi connectivity index (χ2n) is 3.12. The summed E-state index contributed by atoms with van der Waals surface area (Å²) in [5.41, 5.74) is 8.29. The van der Waals surface area contributed by atoms with Crippen molar-refractivity contribution in [2.24, 2.45) is 5.14 Å². The summed E-state index contributed by atoms with van der Waals surface area (Å²) in [6.07, 6.45) is 0. The Morgan fingerprint density at radius 3 is 2.36 bits per heavy atom. The van der Waals surface area contributed by atoms with Crippen LogP contribution in [0.15, 0.2) is 12.1 Å². The quantitative estimate of drug-likeness (QED) is 0.626. The molecule has 0 aliphatic rings. The summed E-state index contributed by atoms with van der Waals surface area (Å²) in [7, 11) is -3.73. The molecule has 5 nitrogen and oxygen atoms in total. The van der Waals surface area contributed by atoms with Crippen molar-refractivity contribution in [3.63, 3.8) is 0 Å². The van der Waals surface area contributed by atoms with Crippen molar-refractivity contribution in [1.82, 2.24) is 0 Å². The van der Waals surface area contributed by atoms with Crippen LogP contribution in [0.1, 0.15) is 11.1 Å². The highest BCUT2D eigenvalue weighted by Crippen LogP contribution is 2.24. The van der Waals surface area contributed by atoms with Gasteiger partial charge < -0.3 is 5.73 Å². The lowest BCUT2D eigenvalue weighted by Gasteiger charge is -2.11. The average Bonchev–Trinajstić information content (AvgIpc) is 2.04. The Labute approximate surface area is 83.3 Å². The summed E-state index contributed by atoms with van der Waals surface area (Å²) >= 11 is 0.